The minimum Gasteiger partial charge on any atom is -0.497 e. The summed E-state index contributed by atoms with van der Waals surface area (Å²) in [6.45, 7) is 10.5. The molecule has 0 amide bonds. The predicted octanol–water partition coefficient (Wildman–Crippen LogP) is 4.79. The maximum absolute atomic E-state index is 7.82. The van der Waals surface area contributed by atoms with Gasteiger partial charge >= 0.3 is 0 Å². The zero-order valence-corrected chi connectivity index (χ0v) is 26.1. The number of hydrogen-bond acceptors (Lipinski definition) is 10. The Labute approximate surface area is 255 Å². The fourth-order valence-corrected chi connectivity index (χ4v) is 6.35. The van der Waals surface area contributed by atoms with Crippen LogP contribution in [0.15, 0.2) is 47.6 Å². The predicted molar refractivity (Wildman–Crippen MR) is 173 cm³/mol. The summed E-state index contributed by atoms with van der Waals surface area (Å²) < 4.78 is 17.2. The van der Waals surface area contributed by atoms with Crippen LogP contribution >= 0.6 is 0 Å². The average Bonchev–Trinajstić information content (AvgIpc) is 3.50. The van der Waals surface area contributed by atoms with Crippen LogP contribution in [0, 0.1) is 5.41 Å². The molecule has 0 radical (unpaired) electrons. The van der Waals surface area contributed by atoms with Crippen molar-refractivity contribution in [3.05, 3.63) is 48.3 Å². The SMILES string of the molecule is CN=CC(C=N)c1cnc2ccc(N(CCCN3CCC(N4C[C@@H](C)O[C@H](C)C4)C3)c3cc(OC)cc(OC)c3)cc2n1. The number of nitrogens with zero attached hydrogens (tertiary/aromatic N) is 6. The summed E-state index contributed by atoms with van der Waals surface area (Å²) in [5.41, 5.74) is 4.30. The summed E-state index contributed by atoms with van der Waals surface area (Å²) in [7, 11) is 5.06. The van der Waals surface area contributed by atoms with E-state index in [9.17, 15) is 0 Å². The highest BCUT2D eigenvalue weighted by molar-refractivity contribution is 5.89. The van der Waals surface area contributed by atoms with Gasteiger partial charge in [0.25, 0.3) is 0 Å². The minimum absolute atomic E-state index is 0.296. The van der Waals surface area contributed by atoms with Crippen LogP contribution in [0.3, 0.4) is 0 Å². The third-order valence-corrected chi connectivity index (χ3v) is 8.40. The van der Waals surface area contributed by atoms with Crippen LogP contribution in [0.5, 0.6) is 11.5 Å². The molecule has 2 aliphatic rings. The molecule has 230 valence electrons. The number of ether oxygens (including phenoxy) is 3. The molecule has 3 aromatic rings. The molecule has 0 bridgehead atoms. The van der Waals surface area contributed by atoms with E-state index in [2.05, 4.69) is 50.7 Å². The van der Waals surface area contributed by atoms with Gasteiger partial charge in [0.05, 0.1) is 55.3 Å². The van der Waals surface area contributed by atoms with E-state index < -0.39 is 0 Å². The topological polar surface area (TPSA) is 99.4 Å². The molecule has 2 aliphatic heterocycles. The third kappa shape index (κ3) is 7.49. The van der Waals surface area contributed by atoms with E-state index in [1.165, 1.54) is 12.6 Å². The van der Waals surface area contributed by atoms with Gasteiger partial charge in [-0.2, -0.15) is 0 Å². The lowest BCUT2D eigenvalue weighted by molar-refractivity contribution is -0.0790. The first-order valence-electron chi connectivity index (χ1n) is 15.2. The number of aliphatic imine (C=N–C) groups is 1. The van der Waals surface area contributed by atoms with E-state index in [4.69, 9.17) is 24.6 Å². The molecule has 0 aliphatic carbocycles. The zero-order chi connectivity index (χ0) is 30.3. The first kappa shape index (κ1) is 30.8. The molecule has 2 saturated heterocycles. The number of benzene rings is 2. The van der Waals surface area contributed by atoms with Crippen molar-refractivity contribution in [2.75, 3.05) is 65.4 Å². The summed E-state index contributed by atoms with van der Waals surface area (Å²) >= 11 is 0. The van der Waals surface area contributed by atoms with Crippen molar-refractivity contribution < 1.29 is 14.2 Å². The lowest BCUT2D eigenvalue weighted by atomic mass is 10.1. The fraction of sp³-hybridized carbons (Fsp3) is 0.515. The Morgan fingerprint density at radius 3 is 2.47 bits per heavy atom. The van der Waals surface area contributed by atoms with Crippen LogP contribution in [0.4, 0.5) is 11.4 Å². The summed E-state index contributed by atoms with van der Waals surface area (Å²) in [5, 5.41) is 7.82. The van der Waals surface area contributed by atoms with Gasteiger partial charge in [-0.1, -0.05) is 0 Å². The molecule has 10 heteroatoms. The van der Waals surface area contributed by atoms with Crippen molar-refractivity contribution in [3.8, 4) is 11.5 Å². The van der Waals surface area contributed by atoms with E-state index in [-0.39, 0.29) is 5.92 Å². The second kappa shape index (κ2) is 14.2. The van der Waals surface area contributed by atoms with Gasteiger partial charge in [-0.25, -0.2) is 4.98 Å². The number of fused-ring (bicyclic) bond motifs is 1. The number of nitrogens with one attached hydrogen (secondary N) is 1. The molecule has 3 heterocycles. The van der Waals surface area contributed by atoms with Gasteiger partial charge in [-0.05, 0) is 58.0 Å². The molecule has 2 fully saturated rings. The molecule has 4 atom stereocenters. The lowest BCUT2D eigenvalue weighted by Crippen LogP contribution is -2.50. The maximum atomic E-state index is 7.82. The number of rotatable bonds is 12. The highest BCUT2D eigenvalue weighted by Gasteiger charge is 2.32. The zero-order valence-electron chi connectivity index (χ0n) is 26.1. The fourth-order valence-electron chi connectivity index (χ4n) is 6.35. The normalized spacial score (nSPS) is 22.2. The second-order valence-corrected chi connectivity index (χ2v) is 11.6. The molecule has 0 spiro atoms. The van der Waals surface area contributed by atoms with Crippen LogP contribution in [-0.2, 0) is 4.74 Å². The molecule has 1 N–H and O–H groups in total. The molecule has 43 heavy (non-hydrogen) atoms. The Bertz CT molecular complexity index is 1380. The van der Waals surface area contributed by atoms with E-state index in [1.54, 1.807) is 33.7 Å². The van der Waals surface area contributed by atoms with Crippen molar-refractivity contribution in [3.63, 3.8) is 0 Å². The van der Waals surface area contributed by atoms with Crippen LogP contribution in [-0.4, -0.2) is 111 Å². The van der Waals surface area contributed by atoms with Crippen molar-refractivity contribution in [1.82, 2.24) is 19.8 Å². The van der Waals surface area contributed by atoms with Gasteiger partial charge in [-0.3, -0.25) is 14.9 Å². The second-order valence-electron chi connectivity index (χ2n) is 11.6. The third-order valence-electron chi connectivity index (χ3n) is 8.40. The monoisotopic (exact) mass is 587 g/mol. The molecule has 0 saturated carbocycles. The molecular formula is C33H45N7O3. The molecule has 10 nitrogen and oxygen atoms in total. The van der Waals surface area contributed by atoms with Crippen molar-refractivity contribution in [2.45, 2.75) is 50.9 Å². The Kier molecular flexibility index (Phi) is 10.2. The summed E-state index contributed by atoms with van der Waals surface area (Å²) in [5.74, 6) is 1.18. The Hall–Kier alpha value is -3.60. The van der Waals surface area contributed by atoms with Crippen molar-refractivity contribution in [1.29, 1.82) is 5.41 Å². The van der Waals surface area contributed by atoms with Crippen LogP contribution in [0.25, 0.3) is 11.0 Å². The first-order chi connectivity index (χ1) is 20.9. The van der Waals surface area contributed by atoms with E-state index in [0.717, 1.165) is 79.6 Å². The van der Waals surface area contributed by atoms with E-state index in [0.29, 0.717) is 23.9 Å². The molecule has 2 unspecified atom stereocenters. The van der Waals surface area contributed by atoms with Crippen LogP contribution in [0.2, 0.25) is 0 Å². The minimum atomic E-state index is -0.308. The summed E-state index contributed by atoms with van der Waals surface area (Å²) in [6, 6.07) is 12.8. The van der Waals surface area contributed by atoms with E-state index >= 15 is 0 Å². The van der Waals surface area contributed by atoms with Gasteiger partial charge in [0.1, 0.15) is 11.5 Å². The van der Waals surface area contributed by atoms with Crippen LogP contribution in [0.1, 0.15) is 38.3 Å². The van der Waals surface area contributed by atoms with Crippen molar-refractivity contribution in [2.24, 2.45) is 4.99 Å². The number of methoxy groups -OCH3 is 2. The molecule has 1 aromatic heterocycles. The van der Waals surface area contributed by atoms with Gasteiger partial charge in [0.15, 0.2) is 0 Å². The van der Waals surface area contributed by atoms with Crippen molar-refractivity contribution >= 4 is 34.8 Å². The lowest BCUT2D eigenvalue weighted by Gasteiger charge is -2.39. The smallest absolute Gasteiger partial charge is 0.124 e. The van der Waals surface area contributed by atoms with Gasteiger partial charge in [-0.15, -0.1) is 0 Å². The summed E-state index contributed by atoms with van der Waals surface area (Å²) in [6.07, 6.45) is 7.58. The number of morpholine rings is 1. The Morgan fingerprint density at radius 1 is 1.05 bits per heavy atom. The highest BCUT2D eigenvalue weighted by atomic mass is 16.5. The quantitative estimate of drug-likeness (QED) is 0.302. The van der Waals surface area contributed by atoms with Gasteiger partial charge in [0, 0.05) is 81.3 Å². The largest absolute Gasteiger partial charge is 0.497 e. The summed E-state index contributed by atoms with van der Waals surface area (Å²) in [4.78, 5) is 21.1. The first-order valence-corrected chi connectivity index (χ1v) is 15.2. The van der Waals surface area contributed by atoms with Crippen LogP contribution < -0.4 is 14.4 Å². The maximum Gasteiger partial charge on any atom is 0.124 e. The standard InChI is InChI=1S/C33H45N7O3/c1-23-20-39(21-24(2)43-23)27-9-12-38(22-27)10-6-11-40(28-13-29(41-4)16-30(14-28)42-5)26-7-8-31-32(15-26)37-33(19-36-31)25(17-34)18-35-3/h7-8,13-19,23-25,27,34H,6,9-12,20-22H2,1-5H3/t23-,24-,25?,27?/m1/s1. The number of hydrogen-bond donors (Lipinski definition) is 1. The Balaban J connectivity index is 1.36. The highest BCUT2D eigenvalue weighted by Crippen LogP contribution is 2.34. The number of aromatic nitrogens is 2. The molecular weight excluding hydrogens is 542 g/mol. The van der Waals surface area contributed by atoms with E-state index in [1.807, 2.05) is 24.3 Å². The van der Waals surface area contributed by atoms with Gasteiger partial charge < -0.3 is 29.4 Å². The number of likely N-dealkylation sites (tertiary alicyclic amines) is 1. The number of anilines is 2. The van der Waals surface area contributed by atoms with Gasteiger partial charge in [0.2, 0.25) is 0 Å². The average molecular weight is 588 g/mol. The molecule has 5 rings (SSSR count). The molecule has 2 aromatic carbocycles. The Morgan fingerprint density at radius 2 is 1.79 bits per heavy atom.